The number of nitrogens with zero attached hydrogens (tertiary/aromatic N) is 3. The summed E-state index contributed by atoms with van der Waals surface area (Å²) in [6, 6.07) is 7.02. The highest BCUT2D eigenvalue weighted by atomic mass is 15.1. The third kappa shape index (κ3) is 3.27. The highest BCUT2D eigenvalue weighted by molar-refractivity contribution is 5.39. The molecule has 21 heavy (non-hydrogen) atoms. The van der Waals surface area contributed by atoms with Crippen LogP contribution in [0.1, 0.15) is 31.4 Å². The van der Waals surface area contributed by atoms with Gasteiger partial charge in [0.25, 0.3) is 0 Å². The summed E-state index contributed by atoms with van der Waals surface area (Å²) < 4.78 is 2.11. The zero-order valence-electron chi connectivity index (χ0n) is 12.5. The topological polar surface area (TPSA) is 32.6 Å². The molecular weight excluding hydrogens is 260 g/mol. The third-order valence-electron chi connectivity index (χ3n) is 4.78. The average molecular weight is 284 g/mol. The monoisotopic (exact) mass is 284 g/mol. The van der Waals surface area contributed by atoms with E-state index in [1.54, 1.807) is 0 Å². The number of aromatic nitrogens is 2. The molecule has 1 aliphatic carbocycles. The van der Waals surface area contributed by atoms with Gasteiger partial charge in [0.15, 0.2) is 0 Å². The van der Waals surface area contributed by atoms with Crippen LogP contribution in [0.5, 0.6) is 0 Å². The van der Waals surface area contributed by atoms with E-state index in [-0.39, 0.29) is 0 Å². The number of piperidine rings is 1. The van der Waals surface area contributed by atoms with Crippen LogP contribution in [0.4, 0.5) is 0 Å². The molecule has 0 spiro atoms. The summed E-state index contributed by atoms with van der Waals surface area (Å²) in [5.74, 6) is 0.878. The van der Waals surface area contributed by atoms with E-state index in [2.05, 4.69) is 39.1 Å². The molecule has 2 aliphatic rings. The average Bonchev–Trinajstić information content (AvgIpc) is 3.25. The van der Waals surface area contributed by atoms with Gasteiger partial charge in [-0.15, -0.1) is 0 Å². The first-order valence-corrected chi connectivity index (χ1v) is 8.25. The number of rotatable bonds is 5. The summed E-state index contributed by atoms with van der Waals surface area (Å²) in [5, 5.41) is 3.67. The van der Waals surface area contributed by atoms with Crippen LogP contribution in [0.15, 0.2) is 30.6 Å². The van der Waals surface area contributed by atoms with Gasteiger partial charge in [-0.25, -0.2) is 4.98 Å². The lowest BCUT2D eigenvalue weighted by atomic mass is 9.96. The standard InChI is InChI=1S/C17H24N4/c1-2-8-21-13-16(19-17(21)3-1)12-20-9-6-14(7-10-20)11-18-15-4-5-15/h1-3,8,13-15,18H,4-7,9-12H2. The van der Waals surface area contributed by atoms with Gasteiger partial charge >= 0.3 is 0 Å². The SMILES string of the molecule is c1ccn2cc(CN3CCC(CNC4CC4)CC3)nc2c1. The zero-order valence-corrected chi connectivity index (χ0v) is 12.5. The van der Waals surface area contributed by atoms with Gasteiger partial charge in [0.2, 0.25) is 0 Å². The first-order valence-electron chi connectivity index (χ1n) is 8.25. The molecule has 1 saturated heterocycles. The Morgan fingerprint density at radius 3 is 2.76 bits per heavy atom. The molecule has 0 amide bonds. The number of imidazole rings is 1. The normalized spacial score (nSPS) is 21.1. The Morgan fingerprint density at radius 2 is 2.00 bits per heavy atom. The molecule has 0 aromatic carbocycles. The summed E-state index contributed by atoms with van der Waals surface area (Å²) in [6.07, 6.45) is 9.68. The summed E-state index contributed by atoms with van der Waals surface area (Å²) in [6.45, 7) is 4.65. The lowest BCUT2D eigenvalue weighted by molar-refractivity contribution is 0.174. The molecule has 4 heteroatoms. The molecule has 0 bridgehead atoms. The maximum Gasteiger partial charge on any atom is 0.137 e. The second-order valence-corrected chi connectivity index (χ2v) is 6.60. The molecule has 2 fully saturated rings. The van der Waals surface area contributed by atoms with E-state index in [1.807, 2.05) is 6.07 Å². The van der Waals surface area contributed by atoms with E-state index in [0.29, 0.717) is 0 Å². The molecule has 1 saturated carbocycles. The molecule has 0 radical (unpaired) electrons. The van der Waals surface area contributed by atoms with E-state index >= 15 is 0 Å². The van der Waals surface area contributed by atoms with Crippen LogP contribution >= 0.6 is 0 Å². The maximum atomic E-state index is 4.70. The van der Waals surface area contributed by atoms with Crippen molar-refractivity contribution in [2.24, 2.45) is 5.92 Å². The molecular formula is C17H24N4. The molecule has 1 N–H and O–H groups in total. The second kappa shape index (κ2) is 5.78. The van der Waals surface area contributed by atoms with Crippen molar-refractivity contribution in [2.45, 2.75) is 38.3 Å². The second-order valence-electron chi connectivity index (χ2n) is 6.60. The number of nitrogens with one attached hydrogen (secondary N) is 1. The highest BCUT2D eigenvalue weighted by Gasteiger charge is 2.24. The van der Waals surface area contributed by atoms with Gasteiger partial charge in [0.05, 0.1) is 5.69 Å². The van der Waals surface area contributed by atoms with Crippen LogP contribution < -0.4 is 5.32 Å². The maximum absolute atomic E-state index is 4.70. The van der Waals surface area contributed by atoms with Gasteiger partial charge in [0, 0.05) is 25.0 Å². The predicted octanol–water partition coefficient (Wildman–Crippen LogP) is 2.30. The molecule has 4 nitrogen and oxygen atoms in total. The van der Waals surface area contributed by atoms with E-state index in [1.165, 1.54) is 51.0 Å². The molecule has 2 aromatic heterocycles. The number of pyridine rings is 1. The quantitative estimate of drug-likeness (QED) is 0.914. The van der Waals surface area contributed by atoms with Crippen molar-refractivity contribution in [3.8, 4) is 0 Å². The van der Waals surface area contributed by atoms with Crippen molar-refractivity contribution in [1.82, 2.24) is 19.6 Å². The minimum absolute atomic E-state index is 0.848. The third-order valence-corrected chi connectivity index (χ3v) is 4.78. The van der Waals surface area contributed by atoms with E-state index in [9.17, 15) is 0 Å². The first-order chi connectivity index (χ1) is 10.4. The van der Waals surface area contributed by atoms with Gasteiger partial charge in [-0.3, -0.25) is 4.90 Å². The summed E-state index contributed by atoms with van der Waals surface area (Å²) in [7, 11) is 0. The minimum atomic E-state index is 0.848. The molecule has 2 aromatic rings. The van der Waals surface area contributed by atoms with Gasteiger partial charge in [0.1, 0.15) is 5.65 Å². The van der Waals surface area contributed by atoms with Crippen LogP contribution in [-0.4, -0.2) is 40.0 Å². The van der Waals surface area contributed by atoms with Crippen LogP contribution in [0.25, 0.3) is 5.65 Å². The van der Waals surface area contributed by atoms with Gasteiger partial charge in [-0.1, -0.05) is 6.07 Å². The largest absolute Gasteiger partial charge is 0.314 e. The Labute approximate surface area is 126 Å². The smallest absolute Gasteiger partial charge is 0.137 e. The Kier molecular flexibility index (Phi) is 3.65. The van der Waals surface area contributed by atoms with Crippen LogP contribution in [0.3, 0.4) is 0 Å². The van der Waals surface area contributed by atoms with E-state index in [4.69, 9.17) is 4.98 Å². The number of hydrogen-bond acceptors (Lipinski definition) is 3. The highest BCUT2D eigenvalue weighted by Crippen LogP contribution is 2.22. The Bertz CT molecular complexity index is 561. The van der Waals surface area contributed by atoms with Crippen molar-refractivity contribution in [3.63, 3.8) is 0 Å². The van der Waals surface area contributed by atoms with Gasteiger partial charge < -0.3 is 9.72 Å². The summed E-state index contributed by atoms with van der Waals surface area (Å²) >= 11 is 0. The molecule has 0 unspecified atom stereocenters. The van der Waals surface area contributed by atoms with Crippen LogP contribution in [-0.2, 0) is 6.54 Å². The molecule has 112 valence electrons. The molecule has 0 atom stereocenters. The van der Waals surface area contributed by atoms with Crippen molar-refractivity contribution >= 4 is 5.65 Å². The Balaban J connectivity index is 1.29. The fraction of sp³-hybridized carbons (Fsp3) is 0.588. The van der Waals surface area contributed by atoms with Crippen molar-refractivity contribution in [3.05, 3.63) is 36.3 Å². The number of likely N-dealkylation sites (tertiary alicyclic amines) is 1. The summed E-state index contributed by atoms with van der Waals surface area (Å²) in [4.78, 5) is 7.25. The fourth-order valence-corrected chi connectivity index (χ4v) is 3.26. The first kappa shape index (κ1) is 13.3. The minimum Gasteiger partial charge on any atom is -0.314 e. The summed E-state index contributed by atoms with van der Waals surface area (Å²) in [5.41, 5.74) is 2.24. The van der Waals surface area contributed by atoms with E-state index < -0.39 is 0 Å². The molecule has 1 aliphatic heterocycles. The van der Waals surface area contributed by atoms with Crippen molar-refractivity contribution < 1.29 is 0 Å². The Morgan fingerprint density at radius 1 is 1.14 bits per heavy atom. The fourth-order valence-electron chi connectivity index (χ4n) is 3.26. The predicted molar refractivity (Wildman–Crippen MR) is 84.2 cm³/mol. The Hall–Kier alpha value is -1.39. The number of hydrogen-bond donors (Lipinski definition) is 1. The lowest BCUT2D eigenvalue weighted by Gasteiger charge is -2.31. The van der Waals surface area contributed by atoms with Crippen molar-refractivity contribution in [2.75, 3.05) is 19.6 Å². The zero-order chi connectivity index (χ0) is 14.1. The van der Waals surface area contributed by atoms with Gasteiger partial charge in [-0.2, -0.15) is 0 Å². The van der Waals surface area contributed by atoms with Crippen LogP contribution in [0.2, 0.25) is 0 Å². The molecule has 4 rings (SSSR count). The van der Waals surface area contributed by atoms with Gasteiger partial charge in [-0.05, 0) is 63.4 Å². The number of fused-ring (bicyclic) bond motifs is 1. The lowest BCUT2D eigenvalue weighted by Crippen LogP contribution is -2.37. The van der Waals surface area contributed by atoms with Crippen LogP contribution in [0, 0.1) is 5.92 Å². The molecule has 3 heterocycles. The van der Waals surface area contributed by atoms with Crippen molar-refractivity contribution in [1.29, 1.82) is 0 Å². The van der Waals surface area contributed by atoms with E-state index in [0.717, 1.165) is 24.2 Å².